The first-order chi connectivity index (χ1) is 15.0. The van der Waals surface area contributed by atoms with Crippen LogP contribution in [0.5, 0.6) is 0 Å². The number of nitrogens with zero attached hydrogens (tertiary/aromatic N) is 4. The van der Waals surface area contributed by atoms with Crippen LogP contribution in [0.15, 0.2) is 52.2 Å². The molecule has 1 aromatic heterocycles. The molecule has 31 heavy (non-hydrogen) atoms. The summed E-state index contributed by atoms with van der Waals surface area (Å²) < 4.78 is 5.62. The zero-order chi connectivity index (χ0) is 21.8. The van der Waals surface area contributed by atoms with Crippen LogP contribution in [-0.4, -0.2) is 71.7 Å². The van der Waals surface area contributed by atoms with Gasteiger partial charge in [0.1, 0.15) is 11.8 Å². The van der Waals surface area contributed by atoms with E-state index in [9.17, 15) is 9.59 Å². The highest BCUT2D eigenvalue weighted by atomic mass is 16.3. The van der Waals surface area contributed by atoms with Crippen LogP contribution in [-0.2, 0) is 4.79 Å². The molecule has 1 atom stereocenters. The molecule has 1 N–H and O–H groups in total. The Kier molecular flexibility index (Phi) is 6.36. The van der Waals surface area contributed by atoms with E-state index in [-0.39, 0.29) is 24.5 Å². The van der Waals surface area contributed by atoms with Gasteiger partial charge < -0.3 is 14.6 Å². The fourth-order valence-corrected chi connectivity index (χ4v) is 4.00. The van der Waals surface area contributed by atoms with Crippen LogP contribution in [0.3, 0.4) is 0 Å². The highest BCUT2D eigenvalue weighted by Gasteiger charge is 2.35. The number of hydrogen-bond donors (Lipinski definition) is 1. The van der Waals surface area contributed by atoms with E-state index in [1.807, 2.05) is 38.1 Å². The molecule has 1 saturated heterocycles. The molecule has 164 valence electrons. The van der Waals surface area contributed by atoms with Gasteiger partial charge in [-0.3, -0.25) is 9.69 Å². The second-order valence-corrected chi connectivity index (χ2v) is 7.99. The number of benzene rings is 1. The van der Waals surface area contributed by atoms with Gasteiger partial charge >= 0.3 is 6.03 Å². The molecule has 0 aliphatic carbocycles. The summed E-state index contributed by atoms with van der Waals surface area (Å²) in [5.41, 5.74) is 3.09. The average molecular weight is 424 g/mol. The lowest BCUT2D eigenvalue weighted by molar-refractivity contribution is -0.134. The van der Waals surface area contributed by atoms with Crippen LogP contribution in [0, 0.1) is 6.92 Å². The van der Waals surface area contributed by atoms with E-state index in [4.69, 9.17) is 9.52 Å². The summed E-state index contributed by atoms with van der Waals surface area (Å²) in [4.78, 5) is 29.1. The number of hydrazone groups is 1. The van der Waals surface area contributed by atoms with E-state index < -0.39 is 0 Å². The summed E-state index contributed by atoms with van der Waals surface area (Å²) in [6.07, 6.45) is 2.25. The summed E-state index contributed by atoms with van der Waals surface area (Å²) >= 11 is 0. The first-order valence-electron chi connectivity index (χ1n) is 10.8. The van der Waals surface area contributed by atoms with Gasteiger partial charge in [0.2, 0.25) is 0 Å². The maximum atomic E-state index is 13.2. The lowest BCUT2D eigenvalue weighted by Crippen LogP contribution is -2.53. The van der Waals surface area contributed by atoms with Gasteiger partial charge in [-0.1, -0.05) is 29.8 Å². The Morgan fingerprint density at radius 1 is 1.13 bits per heavy atom. The van der Waals surface area contributed by atoms with Gasteiger partial charge in [0.15, 0.2) is 0 Å². The van der Waals surface area contributed by atoms with Gasteiger partial charge in [-0.2, -0.15) is 5.10 Å². The highest BCUT2D eigenvalue weighted by molar-refractivity contribution is 6.03. The second kappa shape index (κ2) is 9.34. The third-order valence-electron chi connectivity index (χ3n) is 5.77. The summed E-state index contributed by atoms with van der Waals surface area (Å²) in [6.45, 7) is 7.38. The monoisotopic (exact) mass is 423 g/mol. The molecule has 0 spiro atoms. The van der Waals surface area contributed by atoms with Crippen LogP contribution in [0.25, 0.3) is 0 Å². The molecule has 3 heterocycles. The van der Waals surface area contributed by atoms with Crippen molar-refractivity contribution in [3.05, 3.63) is 59.5 Å². The van der Waals surface area contributed by atoms with Crippen molar-refractivity contribution in [3.8, 4) is 0 Å². The van der Waals surface area contributed by atoms with Gasteiger partial charge in [-0.15, -0.1) is 0 Å². The SMILES string of the molecule is CCNC(=O)N1CCN(CC(=O)N2N=C(c3ccc(C)cc3)CC2c2ccco2)CC1. The molecule has 8 heteroatoms. The van der Waals surface area contributed by atoms with Crippen LogP contribution in [0.1, 0.15) is 36.3 Å². The second-order valence-electron chi connectivity index (χ2n) is 7.99. The van der Waals surface area contributed by atoms with E-state index in [1.165, 1.54) is 5.56 Å². The Bertz CT molecular complexity index is 931. The Morgan fingerprint density at radius 2 is 1.87 bits per heavy atom. The predicted molar refractivity (Wildman–Crippen MR) is 118 cm³/mol. The number of carbonyl (C=O) groups excluding carboxylic acids is 2. The van der Waals surface area contributed by atoms with Crippen LogP contribution in [0.2, 0.25) is 0 Å². The van der Waals surface area contributed by atoms with Crippen molar-refractivity contribution in [2.45, 2.75) is 26.3 Å². The Hall–Kier alpha value is -3.13. The molecule has 2 aliphatic heterocycles. The van der Waals surface area contributed by atoms with E-state index in [1.54, 1.807) is 16.2 Å². The zero-order valence-corrected chi connectivity index (χ0v) is 18.1. The van der Waals surface area contributed by atoms with Crippen LogP contribution in [0.4, 0.5) is 4.79 Å². The first-order valence-corrected chi connectivity index (χ1v) is 10.8. The zero-order valence-electron chi connectivity index (χ0n) is 18.1. The Morgan fingerprint density at radius 3 is 2.52 bits per heavy atom. The molecule has 2 aliphatic rings. The van der Waals surface area contributed by atoms with Crippen molar-refractivity contribution in [2.75, 3.05) is 39.3 Å². The summed E-state index contributed by atoms with van der Waals surface area (Å²) in [7, 11) is 0. The summed E-state index contributed by atoms with van der Waals surface area (Å²) in [5.74, 6) is 0.676. The van der Waals surface area contributed by atoms with Gasteiger partial charge in [0.05, 0.1) is 18.5 Å². The van der Waals surface area contributed by atoms with Crippen LogP contribution < -0.4 is 5.32 Å². The minimum atomic E-state index is -0.240. The molecule has 1 aromatic carbocycles. The van der Waals surface area contributed by atoms with E-state index in [2.05, 4.69) is 22.3 Å². The molecule has 0 bridgehead atoms. The fourth-order valence-electron chi connectivity index (χ4n) is 4.00. The molecule has 3 amide bonds. The van der Waals surface area contributed by atoms with Crippen molar-refractivity contribution >= 4 is 17.6 Å². The van der Waals surface area contributed by atoms with Crippen molar-refractivity contribution in [1.29, 1.82) is 0 Å². The number of carbonyl (C=O) groups is 2. The smallest absolute Gasteiger partial charge is 0.317 e. The topological polar surface area (TPSA) is 81.4 Å². The molecule has 1 unspecified atom stereocenters. The number of nitrogens with one attached hydrogen (secondary N) is 1. The minimum absolute atomic E-state index is 0.0433. The van der Waals surface area contributed by atoms with Crippen molar-refractivity contribution in [3.63, 3.8) is 0 Å². The molecule has 4 rings (SSSR count). The first kappa shape index (κ1) is 21.1. The Labute approximate surface area is 182 Å². The molecular weight excluding hydrogens is 394 g/mol. The van der Waals surface area contributed by atoms with Gasteiger partial charge in [0, 0.05) is 39.1 Å². The van der Waals surface area contributed by atoms with E-state index >= 15 is 0 Å². The molecular formula is C23H29N5O3. The average Bonchev–Trinajstić information content (AvgIpc) is 3.45. The highest BCUT2D eigenvalue weighted by Crippen LogP contribution is 2.33. The third-order valence-corrected chi connectivity index (χ3v) is 5.77. The van der Waals surface area contributed by atoms with E-state index in [0.717, 1.165) is 17.0 Å². The number of aryl methyl sites for hydroxylation is 1. The summed E-state index contributed by atoms with van der Waals surface area (Å²) in [5, 5.41) is 9.10. The number of urea groups is 1. The number of hydrogen-bond acceptors (Lipinski definition) is 5. The van der Waals surface area contributed by atoms with Crippen LogP contribution >= 0.6 is 0 Å². The predicted octanol–water partition coefficient (Wildman–Crippen LogP) is 2.61. The minimum Gasteiger partial charge on any atom is -0.467 e. The lowest BCUT2D eigenvalue weighted by atomic mass is 10.0. The maximum absolute atomic E-state index is 13.2. The number of rotatable bonds is 5. The van der Waals surface area contributed by atoms with E-state index in [0.29, 0.717) is 39.1 Å². The van der Waals surface area contributed by atoms with Crippen molar-refractivity contribution < 1.29 is 14.0 Å². The molecule has 8 nitrogen and oxygen atoms in total. The number of amides is 3. The standard InChI is InChI=1S/C23H29N5O3/c1-3-24-23(30)27-12-10-26(11-13-27)16-22(29)28-20(21-5-4-14-31-21)15-19(25-28)18-8-6-17(2)7-9-18/h4-9,14,20H,3,10-13,15-16H2,1-2H3,(H,24,30). The molecule has 0 radical (unpaired) electrons. The molecule has 1 fully saturated rings. The molecule has 0 saturated carbocycles. The quantitative estimate of drug-likeness (QED) is 0.802. The number of piperazine rings is 1. The van der Waals surface area contributed by atoms with Gasteiger partial charge in [0.25, 0.3) is 5.91 Å². The lowest BCUT2D eigenvalue weighted by Gasteiger charge is -2.34. The maximum Gasteiger partial charge on any atom is 0.317 e. The number of furan rings is 1. The fraction of sp³-hybridized carbons (Fsp3) is 0.435. The normalized spacial score (nSPS) is 19.4. The van der Waals surface area contributed by atoms with Gasteiger partial charge in [-0.05, 0) is 31.5 Å². The third kappa shape index (κ3) is 4.80. The van der Waals surface area contributed by atoms with Gasteiger partial charge in [-0.25, -0.2) is 9.80 Å². The summed E-state index contributed by atoms with van der Waals surface area (Å²) in [6, 6.07) is 11.6. The van der Waals surface area contributed by atoms with Crippen molar-refractivity contribution in [2.24, 2.45) is 5.10 Å². The largest absolute Gasteiger partial charge is 0.467 e. The Balaban J connectivity index is 1.44. The van der Waals surface area contributed by atoms with Crippen molar-refractivity contribution in [1.82, 2.24) is 20.1 Å². The molecule has 2 aromatic rings.